The van der Waals surface area contributed by atoms with Gasteiger partial charge in [0, 0.05) is 21.9 Å². The minimum Gasteiger partial charge on any atom is -0.353 e. The van der Waals surface area contributed by atoms with Crippen LogP contribution in [0.1, 0.15) is 0 Å². The second kappa shape index (κ2) is 3.07. The predicted octanol–water partition coefficient (Wildman–Crippen LogP) is 3.30. The Morgan fingerprint density at radius 2 is 2.07 bits per heavy atom. The van der Waals surface area contributed by atoms with Gasteiger partial charge in [0.2, 0.25) is 0 Å². The zero-order valence-corrected chi connectivity index (χ0v) is 8.11. The summed E-state index contributed by atoms with van der Waals surface area (Å²) in [5, 5.41) is 3.31. The lowest BCUT2D eigenvalue weighted by atomic mass is 10.2. The van der Waals surface area contributed by atoms with Crippen LogP contribution in [-0.2, 0) is 0 Å². The van der Waals surface area contributed by atoms with Crippen molar-refractivity contribution in [1.82, 2.24) is 0 Å². The molecular formula is C12H6NS. The van der Waals surface area contributed by atoms with E-state index in [9.17, 15) is 0 Å². The molecule has 0 amide bonds. The van der Waals surface area contributed by atoms with Crippen LogP contribution in [0, 0.1) is 18.2 Å². The molecule has 0 bridgehead atoms. The van der Waals surface area contributed by atoms with Gasteiger partial charge in [-0.25, -0.2) is 0 Å². The second-order valence-electron chi connectivity index (χ2n) is 3.00. The Kier molecular flexibility index (Phi) is 1.74. The molecule has 3 radical (unpaired) electrons. The summed E-state index contributed by atoms with van der Waals surface area (Å²) >= 11 is 1.74. The molecule has 14 heavy (non-hydrogen) atoms. The van der Waals surface area contributed by atoms with Gasteiger partial charge >= 0.3 is 0 Å². The Morgan fingerprint density at radius 1 is 1.14 bits per heavy atom. The minimum atomic E-state index is 0.993. The van der Waals surface area contributed by atoms with Crippen molar-refractivity contribution in [3.8, 4) is 0 Å². The fourth-order valence-electron chi connectivity index (χ4n) is 1.42. The quantitative estimate of drug-likeness (QED) is 0.592. The van der Waals surface area contributed by atoms with E-state index in [1.807, 2.05) is 18.2 Å². The van der Waals surface area contributed by atoms with Gasteiger partial charge < -0.3 is 5.32 Å². The van der Waals surface area contributed by atoms with Gasteiger partial charge in [0.1, 0.15) is 0 Å². The Bertz CT molecular complexity index is 392. The summed E-state index contributed by atoms with van der Waals surface area (Å²) in [6.45, 7) is 0. The molecular weight excluding hydrogens is 190 g/mol. The average Bonchev–Trinajstić information content (AvgIpc) is 2.26. The maximum Gasteiger partial charge on any atom is 0.0613 e. The molecule has 1 heterocycles. The molecule has 2 aromatic carbocycles. The first-order chi connectivity index (χ1) is 6.93. The highest BCUT2D eigenvalue weighted by atomic mass is 32.2. The molecule has 1 aliphatic heterocycles. The highest BCUT2D eigenvalue weighted by molar-refractivity contribution is 7.99. The van der Waals surface area contributed by atoms with Gasteiger partial charge in [-0.2, -0.15) is 0 Å². The molecule has 0 fully saturated rings. The maximum absolute atomic E-state index is 3.31. The highest BCUT2D eigenvalue weighted by Gasteiger charge is 2.13. The molecule has 1 nitrogen and oxygen atoms in total. The summed E-state index contributed by atoms with van der Waals surface area (Å²) in [4.78, 5) is 2.40. The lowest BCUT2D eigenvalue weighted by Crippen LogP contribution is -1.98. The Morgan fingerprint density at radius 3 is 3.07 bits per heavy atom. The maximum atomic E-state index is 3.31. The van der Waals surface area contributed by atoms with Gasteiger partial charge in [-0.05, 0) is 24.3 Å². The molecule has 0 aromatic heterocycles. The monoisotopic (exact) mass is 196 g/mol. The first-order valence-electron chi connectivity index (χ1n) is 4.31. The Hall–Kier alpha value is -1.41. The van der Waals surface area contributed by atoms with E-state index in [4.69, 9.17) is 0 Å². The first-order valence-corrected chi connectivity index (χ1v) is 5.13. The van der Waals surface area contributed by atoms with Crippen molar-refractivity contribution in [2.45, 2.75) is 9.79 Å². The van der Waals surface area contributed by atoms with Crippen LogP contribution in [0.15, 0.2) is 40.1 Å². The van der Waals surface area contributed by atoms with Gasteiger partial charge in [0.05, 0.1) is 11.4 Å². The summed E-state index contributed by atoms with van der Waals surface area (Å²) in [5.41, 5.74) is 2.13. The SMILES string of the molecule is [c]1[c]cc2c([c]1)Nc1ccccc1S2. The van der Waals surface area contributed by atoms with E-state index in [0.717, 1.165) is 16.3 Å². The van der Waals surface area contributed by atoms with E-state index in [1.54, 1.807) is 11.8 Å². The molecule has 1 N–H and O–H groups in total. The van der Waals surface area contributed by atoms with E-state index < -0.39 is 0 Å². The van der Waals surface area contributed by atoms with Crippen molar-refractivity contribution < 1.29 is 0 Å². The van der Waals surface area contributed by atoms with Crippen LogP contribution in [-0.4, -0.2) is 0 Å². The Labute approximate surface area is 87.2 Å². The number of hydrogen-bond acceptors (Lipinski definition) is 2. The normalized spacial score (nSPS) is 12.6. The standard InChI is InChI=1S/C12H6NS/c1-3-7-11-9(5-1)13-10-6-2-4-8-12(10)14-11/h1,3,5,7-8,13H. The van der Waals surface area contributed by atoms with Crippen LogP contribution in [0.5, 0.6) is 0 Å². The van der Waals surface area contributed by atoms with Crippen LogP contribution < -0.4 is 5.32 Å². The summed E-state index contributed by atoms with van der Waals surface area (Å²) < 4.78 is 0. The molecule has 65 valence electrons. The fourth-order valence-corrected chi connectivity index (χ4v) is 2.35. The first kappa shape index (κ1) is 7.94. The number of fused-ring (bicyclic) bond motifs is 2. The summed E-state index contributed by atoms with van der Waals surface area (Å²) in [7, 11) is 0. The van der Waals surface area contributed by atoms with E-state index in [-0.39, 0.29) is 0 Å². The third kappa shape index (κ3) is 1.19. The zero-order valence-electron chi connectivity index (χ0n) is 7.29. The number of benzene rings is 2. The van der Waals surface area contributed by atoms with Gasteiger partial charge in [-0.3, -0.25) is 0 Å². The third-order valence-corrected chi connectivity index (χ3v) is 3.19. The molecule has 0 saturated carbocycles. The van der Waals surface area contributed by atoms with Crippen LogP contribution in [0.2, 0.25) is 0 Å². The van der Waals surface area contributed by atoms with Gasteiger partial charge in [-0.15, -0.1) is 0 Å². The van der Waals surface area contributed by atoms with Gasteiger partial charge in [0.25, 0.3) is 0 Å². The molecule has 1 aliphatic rings. The van der Waals surface area contributed by atoms with E-state index in [2.05, 4.69) is 35.6 Å². The van der Waals surface area contributed by atoms with Crippen LogP contribution >= 0.6 is 11.8 Å². The molecule has 0 unspecified atom stereocenters. The Balaban J connectivity index is 2.12. The van der Waals surface area contributed by atoms with E-state index in [0.29, 0.717) is 0 Å². The fraction of sp³-hybridized carbons (Fsp3) is 0. The van der Waals surface area contributed by atoms with Crippen molar-refractivity contribution in [2.24, 2.45) is 0 Å². The number of anilines is 2. The number of para-hydroxylation sites is 1. The molecule has 2 aromatic rings. The van der Waals surface area contributed by atoms with Crippen molar-refractivity contribution in [1.29, 1.82) is 0 Å². The number of hydrogen-bond donors (Lipinski definition) is 1. The van der Waals surface area contributed by atoms with Crippen LogP contribution in [0.4, 0.5) is 11.4 Å². The van der Waals surface area contributed by atoms with E-state index in [1.165, 1.54) is 4.90 Å². The molecule has 0 saturated heterocycles. The largest absolute Gasteiger partial charge is 0.353 e. The lowest BCUT2D eigenvalue weighted by molar-refractivity contribution is 1.31. The van der Waals surface area contributed by atoms with Crippen molar-refractivity contribution in [2.75, 3.05) is 5.32 Å². The van der Waals surface area contributed by atoms with E-state index >= 15 is 0 Å². The molecule has 0 atom stereocenters. The zero-order chi connectivity index (χ0) is 9.38. The van der Waals surface area contributed by atoms with Crippen LogP contribution in [0.3, 0.4) is 0 Å². The highest BCUT2D eigenvalue weighted by Crippen LogP contribution is 2.43. The molecule has 2 heteroatoms. The van der Waals surface area contributed by atoms with Crippen LogP contribution in [0.25, 0.3) is 0 Å². The average molecular weight is 196 g/mol. The number of nitrogens with one attached hydrogen (secondary N) is 1. The third-order valence-electron chi connectivity index (χ3n) is 2.08. The van der Waals surface area contributed by atoms with Crippen molar-refractivity contribution >= 4 is 23.1 Å². The summed E-state index contributed by atoms with van der Waals surface area (Å²) in [5.74, 6) is 0. The lowest BCUT2D eigenvalue weighted by Gasteiger charge is -2.19. The topological polar surface area (TPSA) is 12.0 Å². The summed E-state index contributed by atoms with van der Waals surface area (Å²) in [6, 6.07) is 18.9. The van der Waals surface area contributed by atoms with Crippen molar-refractivity contribution in [3.05, 3.63) is 48.5 Å². The molecule has 3 rings (SSSR count). The molecule has 0 spiro atoms. The predicted molar refractivity (Wildman–Crippen MR) is 56.8 cm³/mol. The van der Waals surface area contributed by atoms with Gasteiger partial charge in [-0.1, -0.05) is 23.9 Å². The second-order valence-corrected chi connectivity index (χ2v) is 4.08. The number of rotatable bonds is 0. The van der Waals surface area contributed by atoms with Gasteiger partial charge in [0.15, 0.2) is 0 Å². The summed E-state index contributed by atoms with van der Waals surface area (Å²) in [6.07, 6.45) is 0. The van der Waals surface area contributed by atoms with Crippen molar-refractivity contribution in [3.63, 3.8) is 0 Å². The smallest absolute Gasteiger partial charge is 0.0613 e. The molecule has 0 aliphatic carbocycles. The minimum absolute atomic E-state index is 0.993.